The van der Waals surface area contributed by atoms with E-state index in [0.29, 0.717) is 31.6 Å². The molecular formula is C16H18N2O3. The van der Waals surface area contributed by atoms with Crippen molar-refractivity contribution in [2.24, 2.45) is 0 Å². The van der Waals surface area contributed by atoms with Crippen molar-refractivity contribution in [2.75, 3.05) is 6.61 Å². The number of allylic oxidation sites excluding steroid dienone is 1. The fourth-order valence-corrected chi connectivity index (χ4v) is 2.80. The van der Waals surface area contributed by atoms with E-state index < -0.39 is 6.04 Å². The zero-order valence-corrected chi connectivity index (χ0v) is 11.7. The first-order valence-corrected chi connectivity index (χ1v) is 7.16. The Morgan fingerprint density at radius 2 is 2.14 bits per heavy atom. The van der Waals surface area contributed by atoms with Crippen LogP contribution >= 0.6 is 0 Å². The summed E-state index contributed by atoms with van der Waals surface area (Å²) in [7, 11) is 0. The van der Waals surface area contributed by atoms with E-state index in [1.165, 1.54) is 0 Å². The van der Waals surface area contributed by atoms with Crippen molar-refractivity contribution in [3.8, 4) is 5.75 Å². The summed E-state index contributed by atoms with van der Waals surface area (Å²) in [5.74, 6) is 0.205. The highest BCUT2D eigenvalue weighted by Gasteiger charge is 2.31. The van der Waals surface area contributed by atoms with Crippen LogP contribution in [-0.2, 0) is 9.59 Å². The second-order valence-electron chi connectivity index (χ2n) is 5.42. The molecule has 2 heterocycles. The molecule has 0 aliphatic carbocycles. The topological polar surface area (TPSA) is 67.4 Å². The molecule has 2 aliphatic rings. The van der Waals surface area contributed by atoms with Gasteiger partial charge in [0.1, 0.15) is 11.8 Å². The SMILES string of the molecule is C=C1CC[C@H](NC(=O)C2CCOc3ccccc32)C(=O)N1. The molecule has 3 rings (SSSR count). The maximum Gasteiger partial charge on any atom is 0.246 e. The number of rotatable bonds is 2. The molecule has 2 aliphatic heterocycles. The highest BCUT2D eigenvalue weighted by molar-refractivity contribution is 5.92. The summed E-state index contributed by atoms with van der Waals surface area (Å²) in [5.41, 5.74) is 1.60. The predicted molar refractivity (Wildman–Crippen MR) is 77.7 cm³/mol. The van der Waals surface area contributed by atoms with E-state index >= 15 is 0 Å². The van der Waals surface area contributed by atoms with E-state index in [4.69, 9.17) is 4.74 Å². The zero-order chi connectivity index (χ0) is 14.8. The molecule has 5 nitrogen and oxygen atoms in total. The van der Waals surface area contributed by atoms with Gasteiger partial charge in [-0.1, -0.05) is 24.8 Å². The highest BCUT2D eigenvalue weighted by Crippen LogP contribution is 2.33. The van der Waals surface area contributed by atoms with Crippen molar-refractivity contribution < 1.29 is 14.3 Å². The fraction of sp³-hybridized carbons (Fsp3) is 0.375. The Balaban J connectivity index is 1.72. The fourth-order valence-electron chi connectivity index (χ4n) is 2.80. The number of piperidine rings is 1. The van der Waals surface area contributed by atoms with Crippen molar-refractivity contribution >= 4 is 11.8 Å². The Labute approximate surface area is 123 Å². The number of hydrogen-bond donors (Lipinski definition) is 2. The molecule has 0 saturated carbocycles. The smallest absolute Gasteiger partial charge is 0.246 e. The number of benzene rings is 1. The van der Waals surface area contributed by atoms with Crippen LogP contribution in [0, 0.1) is 0 Å². The second kappa shape index (κ2) is 5.60. The normalized spacial score (nSPS) is 24.6. The molecular weight excluding hydrogens is 268 g/mol. The summed E-state index contributed by atoms with van der Waals surface area (Å²) in [5, 5.41) is 5.54. The minimum Gasteiger partial charge on any atom is -0.493 e. The van der Waals surface area contributed by atoms with Crippen molar-refractivity contribution in [1.82, 2.24) is 10.6 Å². The summed E-state index contributed by atoms with van der Waals surface area (Å²) in [6.45, 7) is 4.25. The lowest BCUT2D eigenvalue weighted by Crippen LogP contribution is -2.50. The minimum absolute atomic E-state index is 0.113. The number of carbonyl (C=O) groups excluding carboxylic acids is 2. The van der Waals surface area contributed by atoms with Gasteiger partial charge in [0.15, 0.2) is 0 Å². The molecule has 0 bridgehead atoms. The van der Waals surface area contributed by atoms with Crippen molar-refractivity contribution in [3.63, 3.8) is 0 Å². The van der Waals surface area contributed by atoms with Crippen molar-refractivity contribution in [1.29, 1.82) is 0 Å². The Bertz CT molecular complexity index is 597. The summed E-state index contributed by atoms with van der Waals surface area (Å²) in [6, 6.07) is 7.08. The van der Waals surface area contributed by atoms with Gasteiger partial charge in [0.2, 0.25) is 11.8 Å². The van der Waals surface area contributed by atoms with E-state index in [2.05, 4.69) is 17.2 Å². The standard InChI is InChI=1S/C16H18N2O3/c1-10-6-7-13(16(20)17-10)18-15(19)12-8-9-21-14-5-3-2-4-11(12)14/h2-5,12-13H,1,6-9H2,(H,17,20)(H,18,19)/t12?,13-/m0/s1. The number of nitrogens with one attached hydrogen (secondary N) is 2. The van der Waals surface area contributed by atoms with Gasteiger partial charge in [0, 0.05) is 11.3 Å². The van der Waals surface area contributed by atoms with Crippen molar-refractivity contribution in [2.45, 2.75) is 31.2 Å². The molecule has 0 radical (unpaired) electrons. The van der Waals surface area contributed by atoms with E-state index in [0.717, 1.165) is 11.3 Å². The quantitative estimate of drug-likeness (QED) is 0.865. The molecule has 5 heteroatoms. The second-order valence-corrected chi connectivity index (χ2v) is 5.42. The molecule has 1 aromatic rings. The summed E-state index contributed by atoms with van der Waals surface area (Å²) in [6.07, 6.45) is 1.92. The van der Waals surface area contributed by atoms with Gasteiger partial charge >= 0.3 is 0 Å². The van der Waals surface area contributed by atoms with Crippen LogP contribution in [0.5, 0.6) is 5.75 Å². The minimum atomic E-state index is -0.474. The zero-order valence-electron chi connectivity index (χ0n) is 11.7. The molecule has 1 saturated heterocycles. The molecule has 1 aromatic carbocycles. The van der Waals surface area contributed by atoms with Gasteiger partial charge in [0.25, 0.3) is 0 Å². The molecule has 21 heavy (non-hydrogen) atoms. The number of hydrogen-bond acceptors (Lipinski definition) is 3. The van der Waals surface area contributed by atoms with E-state index in [1.807, 2.05) is 24.3 Å². The van der Waals surface area contributed by atoms with Crippen LogP contribution in [0.25, 0.3) is 0 Å². The van der Waals surface area contributed by atoms with Crippen LogP contribution in [0.2, 0.25) is 0 Å². The Kier molecular flexibility index (Phi) is 3.64. The maximum absolute atomic E-state index is 12.5. The Morgan fingerprint density at radius 3 is 2.95 bits per heavy atom. The monoisotopic (exact) mass is 286 g/mol. The highest BCUT2D eigenvalue weighted by atomic mass is 16.5. The van der Waals surface area contributed by atoms with Crippen LogP contribution in [0.4, 0.5) is 0 Å². The van der Waals surface area contributed by atoms with Crippen LogP contribution in [-0.4, -0.2) is 24.5 Å². The largest absolute Gasteiger partial charge is 0.493 e. The lowest BCUT2D eigenvalue weighted by Gasteiger charge is -2.29. The third kappa shape index (κ3) is 2.77. The van der Waals surface area contributed by atoms with Gasteiger partial charge in [-0.3, -0.25) is 9.59 Å². The van der Waals surface area contributed by atoms with E-state index in [1.54, 1.807) is 0 Å². The average Bonchev–Trinajstić information content (AvgIpc) is 2.49. The molecule has 0 spiro atoms. The Morgan fingerprint density at radius 1 is 1.33 bits per heavy atom. The molecule has 0 aromatic heterocycles. The lowest BCUT2D eigenvalue weighted by molar-refractivity contribution is -0.130. The van der Waals surface area contributed by atoms with Crippen LogP contribution in [0.15, 0.2) is 36.5 Å². The van der Waals surface area contributed by atoms with Gasteiger partial charge in [-0.15, -0.1) is 0 Å². The number of amides is 2. The third-order valence-corrected chi connectivity index (χ3v) is 3.94. The summed E-state index contributed by atoms with van der Waals surface area (Å²) >= 11 is 0. The summed E-state index contributed by atoms with van der Waals surface area (Å²) < 4.78 is 5.56. The maximum atomic E-state index is 12.5. The van der Waals surface area contributed by atoms with Gasteiger partial charge in [-0.25, -0.2) is 0 Å². The van der Waals surface area contributed by atoms with Crippen LogP contribution in [0.1, 0.15) is 30.7 Å². The summed E-state index contributed by atoms with van der Waals surface area (Å²) in [4.78, 5) is 24.3. The first kappa shape index (κ1) is 13.7. The number of para-hydroxylation sites is 1. The van der Waals surface area contributed by atoms with Gasteiger partial charge in [-0.2, -0.15) is 0 Å². The van der Waals surface area contributed by atoms with Gasteiger partial charge in [0.05, 0.1) is 12.5 Å². The third-order valence-electron chi connectivity index (χ3n) is 3.94. The first-order valence-electron chi connectivity index (χ1n) is 7.16. The number of fused-ring (bicyclic) bond motifs is 1. The molecule has 1 fully saturated rings. The number of ether oxygens (including phenoxy) is 1. The van der Waals surface area contributed by atoms with Gasteiger partial charge in [-0.05, 0) is 25.3 Å². The molecule has 2 N–H and O–H groups in total. The predicted octanol–water partition coefficient (Wildman–Crippen LogP) is 1.46. The van der Waals surface area contributed by atoms with Gasteiger partial charge < -0.3 is 15.4 Å². The lowest BCUT2D eigenvalue weighted by atomic mass is 9.91. The molecule has 2 atom stereocenters. The molecule has 2 amide bonds. The van der Waals surface area contributed by atoms with E-state index in [9.17, 15) is 9.59 Å². The molecule has 110 valence electrons. The number of carbonyl (C=O) groups is 2. The Hall–Kier alpha value is -2.30. The molecule has 1 unspecified atom stereocenters. The van der Waals surface area contributed by atoms with Crippen molar-refractivity contribution in [3.05, 3.63) is 42.1 Å². The first-order chi connectivity index (χ1) is 10.1. The average molecular weight is 286 g/mol. The van der Waals surface area contributed by atoms with Crippen LogP contribution < -0.4 is 15.4 Å². The van der Waals surface area contributed by atoms with Crippen LogP contribution in [0.3, 0.4) is 0 Å². The van der Waals surface area contributed by atoms with E-state index in [-0.39, 0.29) is 17.7 Å².